The van der Waals surface area contributed by atoms with Gasteiger partial charge >= 0.3 is 5.69 Å². The Bertz CT molecular complexity index is 1380. The molecule has 1 aromatic carbocycles. The minimum atomic E-state index is -0.557. The van der Waals surface area contributed by atoms with Crippen molar-refractivity contribution >= 4 is 40.0 Å². The lowest BCUT2D eigenvalue weighted by Crippen LogP contribution is -2.38. The number of nitrogens with zero attached hydrogens (tertiary/aromatic N) is 4. The highest BCUT2D eigenvalue weighted by atomic mass is 35.5. The van der Waals surface area contributed by atoms with Crippen molar-refractivity contribution in [2.24, 2.45) is 14.1 Å². The van der Waals surface area contributed by atoms with E-state index in [1.165, 1.54) is 23.2 Å². The van der Waals surface area contributed by atoms with E-state index in [0.717, 1.165) is 20.6 Å². The number of carbonyl (C=O) groups excluding carboxylic acids is 1. The average molecular weight is 458 g/mol. The van der Waals surface area contributed by atoms with Gasteiger partial charge in [-0.1, -0.05) is 35.9 Å². The smallest absolute Gasteiger partial charge is 0.332 e. The molecular formula is C21H20ClN5O3S. The molecule has 10 heteroatoms. The van der Waals surface area contributed by atoms with Gasteiger partial charge in [-0.2, -0.15) is 4.98 Å². The number of nitrogens with one attached hydrogen (secondary N) is 1. The van der Waals surface area contributed by atoms with Crippen LogP contribution >= 0.6 is 22.9 Å². The molecule has 0 saturated heterocycles. The summed E-state index contributed by atoms with van der Waals surface area (Å²) in [4.78, 5) is 43.0. The van der Waals surface area contributed by atoms with E-state index in [2.05, 4.69) is 10.3 Å². The summed E-state index contributed by atoms with van der Waals surface area (Å²) in [5.41, 5.74) is 1.24. The maximum absolute atomic E-state index is 13.0. The summed E-state index contributed by atoms with van der Waals surface area (Å²) in [5, 5.41) is 4.95. The van der Waals surface area contributed by atoms with Crippen molar-refractivity contribution in [2.75, 3.05) is 0 Å². The fourth-order valence-electron chi connectivity index (χ4n) is 3.45. The Hall–Kier alpha value is -3.17. The molecule has 0 radical (unpaired) electrons. The van der Waals surface area contributed by atoms with Gasteiger partial charge in [-0.05, 0) is 35.5 Å². The second-order valence-electron chi connectivity index (χ2n) is 7.27. The summed E-state index contributed by atoms with van der Waals surface area (Å²) in [5.74, 6) is -0.337. The van der Waals surface area contributed by atoms with Gasteiger partial charge in [0.15, 0.2) is 11.2 Å². The zero-order valence-electron chi connectivity index (χ0n) is 17.1. The summed E-state index contributed by atoms with van der Waals surface area (Å²) in [6, 6.07) is 11.5. The first kappa shape index (κ1) is 21.1. The number of fused-ring (bicyclic) bond motifs is 1. The first-order valence-electron chi connectivity index (χ1n) is 9.49. The monoisotopic (exact) mass is 457 g/mol. The topological polar surface area (TPSA) is 90.9 Å². The lowest BCUT2D eigenvalue weighted by atomic mass is 10.0. The highest BCUT2D eigenvalue weighted by Crippen LogP contribution is 2.26. The normalized spacial score (nSPS) is 12.3. The average Bonchev–Trinajstić information content (AvgIpc) is 3.39. The van der Waals surface area contributed by atoms with Crippen LogP contribution in [0.25, 0.3) is 11.2 Å². The second-order valence-corrected chi connectivity index (χ2v) is 8.59. The fraction of sp³-hybridized carbons (Fsp3) is 0.238. The van der Waals surface area contributed by atoms with Crippen molar-refractivity contribution in [2.45, 2.75) is 19.5 Å². The summed E-state index contributed by atoms with van der Waals surface area (Å²) < 4.78 is 3.53. The van der Waals surface area contributed by atoms with Gasteiger partial charge in [0, 0.05) is 19.0 Å². The van der Waals surface area contributed by atoms with Crippen LogP contribution in [0.3, 0.4) is 0 Å². The molecule has 0 aliphatic carbocycles. The van der Waals surface area contributed by atoms with Crippen LogP contribution < -0.4 is 16.6 Å². The molecule has 0 saturated carbocycles. The van der Waals surface area contributed by atoms with Crippen LogP contribution in [0.2, 0.25) is 5.28 Å². The number of aromatic nitrogens is 4. The van der Waals surface area contributed by atoms with E-state index >= 15 is 0 Å². The summed E-state index contributed by atoms with van der Waals surface area (Å²) in [7, 11) is 2.88. The Morgan fingerprint density at radius 3 is 2.52 bits per heavy atom. The van der Waals surface area contributed by atoms with E-state index in [1.54, 1.807) is 11.3 Å². The Morgan fingerprint density at radius 2 is 1.87 bits per heavy atom. The maximum atomic E-state index is 13.0. The summed E-state index contributed by atoms with van der Waals surface area (Å²) in [6.45, 7) is 1.79. The van der Waals surface area contributed by atoms with Crippen molar-refractivity contribution in [3.05, 3.63) is 83.9 Å². The van der Waals surface area contributed by atoms with Gasteiger partial charge < -0.3 is 5.32 Å². The fourth-order valence-corrected chi connectivity index (χ4v) is 4.47. The number of carbonyl (C=O) groups is 1. The molecule has 3 heterocycles. The van der Waals surface area contributed by atoms with Gasteiger partial charge in [0.25, 0.3) is 5.56 Å². The minimum Gasteiger partial charge on any atom is -0.343 e. The molecule has 1 unspecified atom stereocenters. The van der Waals surface area contributed by atoms with Crippen LogP contribution in [-0.4, -0.2) is 24.6 Å². The van der Waals surface area contributed by atoms with E-state index in [9.17, 15) is 14.4 Å². The van der Waals surface area contributed by atoms with Crippen LogP contribution in [0.4, 0.5) is 0 Å². The van der Waals surface area contributed by atoms with Crippen molar-refractivity contribution in [1.82, 2.24) is 24.0 Å². The molecule has 0 aliphatic rings. The highest BCUT2D eigenvalue weighted by molar-refractivity contribution is 7.10. The molecule has 0 fully saturated rings. The van der Waals surface area contributed by atoms with Gasteiger partial charge in [-0.3, -0.25) is 23.3 Å². The molecule has 0 bridgehead atoms. The highest BCUT2D eigenvalue weighted by Gasteiger charge is 2.22. The lowest BCUT2D eigenvalue weighted by Gasteiger charge is -2.19. The van der Waals surface area contributed by atoms with E-state index in [0.29, 0.717) is 0 Å². The molecule has 4 aromatic rings. The molecule has 31 heavy (non-hydrogen) atoms. The molecular weight excluding hydrogens is 438 g/mol. The quantitative estimate of drug-likeness (QED) is 0.466. The van der Waals surface area contributed by atoms with E-state index in [1.807, 2.05) is 48.7 Å². The zero-order valence-corrected chi connectivity index (χ0v) is 18.7. The zero-order chi connectivity index (χ0) is 22.3. The Balaban J connectivity index is 1.70. The van der Waals surface area contributed by atoms with Crippen LogP contribution in [0.1, 0.15) is 22.0 Å². The van der Waals surface area contributed by atoms with Crippen molar-refractivity contribution in [1.29, 1.82) is 0 Å². The lowest BCUT2D eigenvalue weighted by molar-refractivity contribution is -0.122. The van der Waals surface area contributed by atoms with E-state index in [4.69, 9.17) is 11.6 Å². The third kappa shape index (κ3) is 3.82. The molecule has 0 aliphatic heterocycles. The number of hydrogen-bond donors (Lipinski definition) is 1. The van der Waals surface area contributed by atoms with Crippen LogP contribution in [0, 0.1) is 6.92 Å². The molecule has 0 spiro atoms. The largest absolute Gasteiger partial charge is 0.343 e. The molecule has 1 amide bonds. The Morgan fingerprint density at radius 1 is 1.16 bits per heavy atom. The maximum Gasteiger partial charge on any atom is 0.332 e. The van der Waals surface area contributed by atoms with Gasteiger partial charge in [0.05, 0.1) is 6.04 Å². The van der Waals surface area contributed by atoms with Gasteiger partial charge in [-0.15, -0.1) is 11.3 Å². The van der Waals surface area contributed by atoms with E-state index in [-0.39, 0.29) is 34.9 Å². The predicted octanol–water partition coefficient (Wildman–Crippen LogP) is 2.36. The number of rotatable bonds is 5. The minimum absolute atomic E-state index is 0.0357. The molecule has 8 nitrogen and oxygen atoms in total. The van der Waals surface area contributed by atoms with E-state index < -0.39 is 11.2 Å². The standard InChI is InChI=1S/C21H20ClN5O3S/c1-12-6-8-13(9-7-12)16(14-5-4-10-31-14)23-15(28)11-27-17-18(24-20(27)22)25(2)21(30)26(3)19(17)29/h4-10,16H,11H2,1-3H3,(H,23,28). The SMILES string of the molecule is Cc1ccc(C(NC(=O)Cn2c(Cl)nc3c2c(=O)n(C)c(=O)n3C)c2cccs2)cc1. The van der Waals surface area contributed by atoms with Crippen molar-refractivity contribution < 1.29 is 4.79 Å². The number of amides is 1. The Labute approximate surface area is 186 Å². The first-order valence-corrected chi connectivity index (χ1v) is 10.7. The number of aryl methyl sites for hydroxylation is 2. The van der Waals surface area contributed by atoms with Crippen LogP contribution in [0.15, 0.2) is 51.4 Å². The molecule has 3 aromatic heterocycles. The third-order valence-corrected chi connectivity index (χ3v) is 6.37. The summed E-state index contributed by atoms with van der Waals surface area (Å²) in [6.07, 6.45) is 0. The van der Waals surface area contributed by atoms with Gasteiger partial charge in [0.2, 0.25) is 11.2 Å². The van der Waals surface area contributed by atoms with Crippen molar-refractivity contribution in [3.8, 4) is 0 Å². The number of hydrogen-bond acceptors (Lipinski definition) is 5. The van der Waals surface area contributed by atoms with Gasteiger partial charge in [0.1, 0.15) is 6.54 Å². The van der Waals surface area contributed by atoms with Crippen LogP contribution in [-0.2, 0) is 25.4 Å². The number of thiophene rings is 1. The molecule has 1 atom stereocenters. The predicted molar refractivity (Wildman–Crippen MR) is 121 cm³/mol. The second kappa shape index (κ2) is 8.16. The first-order chi connectivity index (χ1) is 14.8. The number of halogens is 1. The molecule has 160 valence electrons. The third-order valence-electron chi connectivity index (χ3n) is 5.15. The molecule has 4 rings (SSSR count). The number of imidazole rings is 1. The Kier molecular flexibility index (Phi) is 5.55. The van der Waals surface area contributed by atoms with Gasteiger partial charge in [-0.25, -0.2) is 4.79 Å². The summed E-state index contributed by atoms with van der Waals surface area (Å²) >= 11 is 7.78. The van der Waals surface area contributed by atoms with Crippen LogP contribution in [0.5, 0.6) is 0 Å². The van der Waals surface area contributed by atoms with Crippen molar-refractivity contribution in [3.63, 3.8) is 0 Å². The molecule has 1 N–H and O–H groups in total. The number of benzene rings is 1.